The standard InChI is InChI=1S/C20H22N2O5S/c1-4-27-20(24)17-16-11(2)6-5-7-15(16)28-19(17)21-18(23)13-8-9-14(22(25)26)12(3)10-13/h8-11H,4-7H2,1-3H3,(H,21,23). The number of nitrogens with zero attached hydrogens (tertiary/aromatic N) is 1. The van der Waals surface area contributed by atoms with Gasteiger partial charge in [0.2, 0.25) is 0 Å². The molecule has 1 aromatic carbocycles. The summed E-state index contributed by atoms with van der Waals surface area (Å²) in [5.41, 5.74) is 2.09. The highest BCUT2D eigenvalue weighted by molar-refractivity contribution is 7.17. The molecule has 1 heterocycles. The van der Waals surface area contributed by atoms with Gasteiger partial charge >= 0.3 is 5.97 Å². The number of hydrogen-bond acceptors (Lipinski definition) is 6. The Morgan fingerprint density at radius 3 is 2.79 bits per heavy atom. The summed E-state index contributed by atoms with van der Waals surface area (Å²) in [5.74, 6) is -0.606. The van der Waals surface area contributed by atoms with Crippen molar-refractivity contribution in [3.63, 3.8) is 0 Å². The highest BCUT2D eigenvalue weighted by Gasteiger charge is 2.31. The van der Waals surface area contributed by atoms with Crippen LogP contribution in [0.2, 0.25) is 0 Å². The van der Waals surface area contributed by atoms with Crippen LogP contribution in [0.3, 0.4) is 0 Å². The molecule has 8 heteroatoms. The van der Waals surface area contributed by atoms with Gasteiger partial charge in [-0.15, -0.1) is 11.3 Å². The number of amides is 1. The fraction of sp³-hybridized carbons (Fsp3) is 0.400. The van der Waals surface area contributed by atoms with E-state index in [1.54, 1.807) is 13.8 Å². The topological polar surface area (TPSA) is 98.5 Å². The fourth-order valence-corrected chi connectivity index (χ4v) is 4.93. The van der Waals surface area contributed by atoms with Gasteiger partial charge in [0, 0.05) is 22.1 Å². The molecule has 1 aliphatic carbocycles. The largest absolute Gasteiger partial charge is 0.462 e. The predicted octanol–water partition coefficient (Wildman–Crippen LogP) is 4.83. The first-order chi connectivity index (χ1) is 13.3. The Morgan fingerprint density at radius 2 is 2.14 bits per heavy atom. The molecular weight excluding hydrogens is 380 g/mol. The quantitative estimate of drug-likeness (QED) is 0.439. The Hall–Kier alpha value is -2.74. The van der Waals surface area contributed by atoms with Gasteiger partial charge in [-0.1, -0.05) is 6.92 Å². The third kappa shape index (κ3) is 3.77. The van der Waals surface area contributed by atoms with Gasteiger partial charge in [0.25, 0.3) is 11.6 Å². The third-order valence-corrected chi connectivity index (χ3v) is 6.10. The first-order valence-electron chi connectivity index (χ1n) is 9.22. The summed E-state index contributed by atoms with van der Waals surface area (Å²) >= 11 is 1.41. The van der Waals surface area contributed by atoms with Gasteiger partial charge in [-0.05, 0) is 56.7 Å². The van der Waals surface area contributed by atoms with Crippen LogP contribution in [0.1, 0.15) is 69.3 Å². The molecule has 1 aromatic heterocycles. The van der Waals surface area contributed by atoms with Crippen molar-refractivity contribution in [1.82, 2.24) is 0 Å². The fourth-order valence-electron chi connectivity index (χ4n) is 3.58. The number of hydrogen-bond donors (Lipinski definition) is 1. The Labute approximate surface area is 166 Å². The van der Waals surface area contributed by atoms with Gasteiger partial charge in [-0.3, -0.25) is 14.9 Å². The van der Waals surface area contributed by atoms with Crippen LogP contribution in [0.5, 0.6) is 0 Å². The highest BCUT2D eigenvalue weighted by Crippen LogP contribution is 2.43. The van der Waals surface area contributed by atoms with E-state index in [-0.39, 0.29) is 18.2 Å². The van der Waals surface area contributed by atoms with E-state index in [4.69, 9.17) is 4.74 Å². The van der Waals surface area contributed by atoms with Gasteiger partial charge in [-0.25, -0.2) is 4.79 Å². The zero-order chi connectivity index (χ0) is 20.4. The Balaban J connectivity index is 1.95. The summed E-state index contributed by atoms with van der Waals surface area (Å²) in [6.45, 7) is 5.67. The molecule has 1 amide bonds. The number of thiophene rings is 1. The molecule has 0 radical (unpaired) electrons. The van der Waals surface area contributed by atoms with Crippen molar-refractivity contribution in [3.8, 4) is 0 Å². The van der Waals surface area contributed by atoms with Crippen molar-refractivity contribution < 1.29 is 19.2 Å². The number of ether oxygens (including phenoxy) is 1. The maximum atomic E-state index is 12.7. The summed E-state index contributed by atoms with van der Waals surface area (Å²) in [7, 11) is 0. The molecule has 148 valence electrons. The zero-order valence-electron chi connectivity index (χ0n) is 16.0. The summed E-state index contributed by atoms with van der Waals surface area (Å²) in [5, 5.41) is 14.3. The molecule has 0 aliphatic heterocycles. The average Bonchev–Trinajstić information content (AvgIpc) is 3.00. The number of fused-ring (bicyclic) bond motifs is 1. The van der Waals surface area contributed by atoms with Crippen LogP contribution in [0.15, 0.2) is 18.2 Å². The van der Waals surface area contributed by atoms with Gasteiger partial charge in [0.05, 0.1) is 17.1 Å². The van der Waals surface area contributed by atoms with Crippen LogP contribution in [-0.2, 0) is 11.2 Å². The molecule has 3 rings (SSSR count). The molecule has 1 unspecified atom stereocenters. The first-order valence-corrected chi connectivity index (χ1v) is 10.0. The van der Waals surface area contributed by atoms with E-state index >= 15 is 0 Å². The summed E-state index contributed by atoms with van der Waals surface area (Å²) in [6.07, 6.45) is 2.92. The molecule has 2 aromatic rings. The summed E-state index contributed by atoms with van der Waals surface area (Å²) < 4.78 is 5.23. The van der Waals surface area contributed by atoms with E-state index in [9.17, 15) is 19.7 Å². The lowest BCUT2D eigenvalue weighted by Crippen LogP contribution is -2.16. The average molecular weight is 402 g/mol. The number of carbonyl (C=O) groups is 2. The molecule has 0 fully saturated rings. The smallest absolute Gasteiger partial charge is 0.341 e. The van der Waals surface area contributed by atoms with Crippen LogP contribution in [0.25, 0.3) is 0 Å². The number of esters is 1. The Morgan fingerprint density at radius 1 is 1.39 bits per heavy atom. The van der Waals surface area contributed by atoms with Crippen molar-refractivity contribution >= 4 is 33.9 Å². The minimum atomic E-state index is -0.482. The number of anilines is 1. The van der Waals surface area contributed by atoms with Crippen molar-refractivity contribution in [2.24, 2.45) is 0 Å². The van der Waals surface area contributed by atoms with E-state index < -0.39 is 16.8 Å². The SMILES string of the molecule is CCOC(=O)c1c(NC(=O)c2ccc([N+](=O)[O-])c(C)c2)sc2c1C(C)CCC2. The van der Waals surface area contributed by atoms with Gasteiger partial charge in [0.15, 0.2) is 0 Å². The van der Waals surface area contributed by atoms with Crippen LogP contribution < -0.4 is 5.32 Å². The summed E-state index contributed by atoms with van der Waals surface area (Å²) in [6, 6.07) is 4.21. The molecule has 28 heavy (non-hydrogen) atoms. The van der Waals surface area contributed by atoms with Gasteiger partial charge in [0.1, 0.15) is 5.00 Å². The van der Waals surface area contributed by atoms with E-state index in [1.807, 2.05) is 0 Å². The molecule has 1 atom stereocenters. The van der Waals surface area contributed by atoms with E-state index in [0.717, 1.165) is 29.7 Å². The Kier molecular flexibility index (Phi) is 5.79. The molecule has 0 saturated heterocycles. The maximum Gasteiger partial charge on any atom is 0.341 e. The van der Waals surface area contributed by atoms with E-state index in [2.05, 4.69) is 12.2 Å². The molecule has 1 aliphatic rings. The van der Waals surface area contributed by atoms with Crippen molar-refractivity contribution in [3.05, 3.63) is 55.4 Å². The van der Waals surface area contributed by atoms with Crippen molar-refractivity contribution in [1.29, 1.82) is 0 Å². The first kappa shape index (κ1) is 20.0. The number of rotatable bonds is 5. The predicted molar refractivity (Wildman–Crippen MR) is 107 cm³/mol. The number of nitro benzene ring substituents is 1. The van der Waals surface area contributed by atoms with Crippen LogP contribution in [0.4, 0.5) is 10.7 Å². The molecule has 7 nitrogen and oxygen atoms in total. The van der Waals surface area contributed by atoms with Crippen LogP contribution >= 0.6 is 11.3 Å². The molecule has 0 spiro atoms. The normalized spacial score (nSPS) is 15.6. The van der Waals surface area contributed by atoms with Gasteiger partial charge in [-0.2, -0.15) is 0 Å². The molecule has 0 bridgehead atoms. The minimum absolute atomic E-state index is 0.0378. The van der Waals surface area contributed by atoms with E-state index in [0.29, 0.717) is 21.7 Å². The number of nitrogens with one attached hydrogen (secondary N) is 1. The monoisotopic (exact) mass is 402 g/mol. The minimum Gasteiger partial charge on any atom is -0.462 e. The van der Waals surface area contributed by atoms with Crippen molar-refractivity contribution in [2.45, 2.75) is 46.0 Å². The second-order valence-electron chi connectivity index (χ2n) is 6.87. The maximum absolute atomic E-state index is 12.7. The summed E-state index contributed by atoms with van der Waals surface area (Å²) in [4.78, 5) is 36.9. The van der Waals surface area contributed by atoms with E-state index in [1.165, 1.54) is 29.5 Å². The highest BCUT2D eigenvalue weighted by atomic mass is 32.1. The molecule has 1 N–H and O–H groups in total. The zero-order valence-corrected chi connectivity index (χ0v) is 16.9. The number of aryl methyl sites for hydroxylation is 2. The van der Waals surface area contributed by atoms with Crippen LogP contribution in [-0.4, -0.2) is 23.4 Å². The third-order valence-electron chi connectivity index (χ3n) is 4.92. The number of carbonyl (C=O) groups excluding carboxylic acids is 2. The Bertz CT molecular complexity index is 950. The lowest BCUT2D eigenvalue weighted by Gasteiger charge is -2.19. The second-order valence-corrected chi connectivity index (χ2v) is 7.97. The second kappa shape index (κ2) is 8.10. The van der Waals surface area contributed by atoms with Gasteiger partial charge < -0.3 is 10.1 Å². The van der Waals surface area contributed by atoms with Crippen LogP contribution in [0, 0.1) is 17.0 Å². The lowest BCUT2D eigenvalue weighted by molar-refractivity contribution is -0.385. The number of benzene rings is 1. The number of nitro groups is 1. The van der Waals surface area contributed by atoms with Crippen molar-refractivity contribution in [2.75, 3.05) is 11.9 Å². The lowest BCUT2D eigenvalue weighted by atomic mass is 9.86. The molecule has 0 saturated carbocycles. The molecular formula is C20H22N2O5S.